The molecule has 1 fully saturated rings. The first-order chi connectivity index (χ1) is 19.0. The Morgan fingerprint density at radius 3 is 2.82 bits per heavy atom. The highest BCUT2D eigenvalue weighted by Gasteiger charge is 2.30. The lowest BCUT2D eigenvalue weighted by Crippen LogP contribution is -2.38. The number of rotatable bonds is 8. The van der Waals surface area contributed by atoms with E-state index in [0.717, 1.165) is 12.0 Å². The number of ether oxygens (including phenoxy) is 2. The fraction of sp³-hybridized carbons (Fsp3) is 0.179. The molecule has 39 heavy (non-hydrogen) atoms. The quantitative estimate of drug-likeness (QED) is 0.272. The molecule has 1 aliphatic heterocycles. The van der Waals surface area contributed by atoms with Crippen molar-refractivity contribution in [1.82, 2.24) is 19.9 Å². The molecule has 0 unspecified atom stereocenters. The molecule has 2 aromatic carbocycles. The Kier molecular flexibility index (Phi) is 7.83. The topological polar surface area (TPSA) is 119 Å². The molecule has 1 saturated heterocycles. The van der Waals surface area contributed by atoms with Gasteiger partial charge in [0, 0.05) is 47.7 Å². The number of carbonyl (C=O) groups is 2. The number of anilines is 3. The molecular formula is C28H25ClN6O4. The molecule has 10 nitrogen and oxygen atoms in total. The zero-order chi connectivity index (χ0) is 27.2. The minimum absolute atomic E-state index is 0.267. The molecule has 2 N–H and O–H groups in total. The van der Waals surface area contributed by atoms with E-state index in [0.29, 0.717) is 58.4 Å². The van der Waals surface area contributed by atoms with Gasteiger partial charge in [-0.3, -0.25) is 15.1 Å². The third-order valence-electron chi connectivity index (χ3n) is 6.09. The molecule has 0 bridgehead atoms. The van der Waals surface area contributed by atoms with Gasteiger partial charge in [-0.2, -0.15) is 0 Å². The van der Waals surface area contributed by atoms with E-state index in [4.69, 9.17) is 21.1 Å². The highest BCUT2D eigenvalue weighted by molar-refractivity contribution is 6.32. The van der Waals surface area contributed by atoms with Gasteiger partial charge in [0.25, 0.3) is 0 Å². The molecule has 198 valence electrons. The molecule has 1 atom stereocenters. The van der Waals surface area contributed by atoms with Crippen LogP contribution in [-0.4, -0.2) is 44.6 Å². The van der Waals surface area contributed by atoms with Gasteiger partial charge in [0.15, 0.2) is 6.23 Å². The maximum absolute atomic E-state index is 12.6. The highest BCUT2D eigenvalue weighted by atomic mass is 35.5. The Hall–Kier alpha value is -4.70. The number of nitrogens with one attached hydrogen (secondary N) is 2. The normalized spacial score (nSPS) is 14.6. The second-order valence-electron chi connectivity index (χ2n) is 8.74. The van der Waals surface area contributed by atoms with Crippen LogP contribution in [-0.2, 0) is 16.1 Å². The first-order valence-electron chi connectivity index (χ1n) is 12.2. The number of pyridine rings is 1. The minimum atomic E-state index is -0.664. The highest BCUT2D eigenvalue weighted by Crippen LogP contribution is 2.31. The average Bonchev–Trinajstić information content (AvgIpc) is 3.41. The van der Waals surface area contributed by atoms with E-state index >= 15 is 0 Å². The van der Waals surface area contributed by atoms with E-state index in [9.17, 15) is 9.59 Å². The summed E-state index contributed by atoms with van der Waals surface area (Å²) in [4.78, 5) is 38.8. The summed E-state index contributed by atoms with van der Waals surface area (Å²) in [7, 11) is 0. The third kappa shape index (κ3) is 6.24. The van der Waals surface area contributed by atoms with Gasteiger partial charge in [-0.25, -0.2) is 14.8 Å². The number of fused-ring (bicyclic) bond motifs is 1. The van der Waals surface area contributed by atoms with Crippen LogP contribution in [0.1, 0.15) is 18.4 Å². The van der Waals surface area contributed by atoms with Crippen molar-refractivity contribution < 1.29 is 19.1 Å². The fourth-order valence-corrected chi connectivity index (χ4v) is 4.44. The Bertz CT molecular complexity index is 1520. The van der Waals surface area contributed by atoms with Gasteiger partial charge < -0.3 is 19.7 Å². The van der Waals surface area contributed by atoms with Gasteiger partial charge in [-0.15, -0.1) is 0 Å². The Morgan fingerprint density at radius 2 is 2.03 bits per heavy atom. The number of hydrogen-bond acceptors (Lipinski definition) is 8. The Balaban J connectivity index is 1.28. The largest absolute Gasteiger partial charge is 0.487 e. The smallest absolute Gasteiger partial charge is 0.413 e. The van der Waals surface area contributed by atoms with E-state index in [-0.39, 0.29) is 5.91 Å². The van der Waals surface area contributed by atoms with Crippen LogP contribution in [0.4, 0.5) is 22.0 Å². The van der Waals surface area contributed by atoms with Crippen LogP contribution in [0.2, 0.25) is 5.02 Å². The molecule has 4 aromatic rings. The van der Waals surface area contributed by atoms with E-state index in [1.54, 1.807) is 42.7 Å². The summed E-state index contributed by atoms with van der Waals surface area (Å²) < 4.78 is 11.3. The van der Waals surface area contributed by atoms with Crippen LogP contribution < -0.4 is 15.4 Å². The second kappa shape index (κ2) is 11.8. The van der Waals surface area contributed by atoms with E-state index in [1.165, 1.54) is 17.3 Å². The molecule has 0 radical (unpaired) electrons. The lowest BCUT2D eigenvalue weighted by Gasteiger charge is -2.23. The lowest BCUT2D eigenvalue weighted by molar-refractivity contribution is -0.132. The summed E-state index contributed by atoms with van der Waals surface area (Å²) in [6, 6.07) is 14.3. The maximum Gasteiger partial charge on any atom is 0.413 e. The standard InChI is InChI=1S/C28H25ClN6O4/c1-2-25(36)35-12-4-6-26(35)39-28(37)34-19-7-9-23-21(13-19)27(32-17-31-23)33-20-8-10-24(22(29)14-20)38-16-18-5-3-11-30-15-18/h2-3,5,7-11,13-15,17,26H,1,4,6,12,16H2,(H,34,37)(H,31,32,33)/t26-/m0/s1. The summed E-state index contributed by atoms with van der Waals surface area (Å²) in [6.45, 7) is 4.37. The van der Waals surface area contributed by atoms with Crippen LogP contribution >= 0.6 is 11.6 Å². The van der Waals surface area contributed by atoms with E-state index < -0.39 is 12.3 Å². The van der Waals surface area contributed by atoms with E-state index in [2.05, 4.69) is 32.2 Å². The van der Waals surface area contributed by atoms with Crippen molar-refractivity contribution in [3.8, 4) is 5.75 Å². The van der Waals surface area contributed by atoms with Crippen molar-refractivity contribution in [1.29, 1.82) is 0 Å². The predicted octanol–water partition coefficient (Wildman–Crippen LogP) is 5.68. The summed E-state index contributed by atoms with van der Waals surface area (Å²) in [5.74, 6) is 0.798. The first kappa shape index (κ1) is 25.9. The van der Waals surface area contributed by atoms with Crippen LogP contribution in [0.3, 0.4) is 0 Å². The number of carbonyl (C=O) groups excluding carboxylic acids is 2. The Morgan fingerprint density at radius 1 is 1.15 bits per heavy atom. The van der Waals surface area contributed by atoms with Crippen molar-refractivity contribution in [2.75, 3.05) is 17.2 Å². The number of halogens is 1. The van der Waals surface area contributed by atoms with Crippen molar-refractivity contribution in [3.63, 3.8) is 0 Å². The summed E-state index contributed by atoms with van der Waals surface area (Å²) in [5, 5.41) is 7.08. The molecule has 1 aliphatic rings. The molecule has 2 aromatic heterocycles. The molecule has 2 amide bonds. The fourth-order valence-electron chi connectivity index (χ4n) is 4.21. The average molecular weight is 545 g/mol. The van der Waals surface area contributed by atoms with Gasteiger partial charge in [0.1, 0.15) is 24.5 Å². The number of likely N-dealkylation sites (tertiary alicyclic amines) is 1. The molecule has 0 aliphatic carbocycles. The molecule has 5 rings (SSSR count). The van der Waals surface area contributed by atoms with Crippen LogP contribution in [0.25, 0.3) is 10.9 Å². The van der Waals surface area contributed by atoms with E-state index in [1.807, 2.05) is 18.2 Å². The lowest BCUT2D eigenvalue weighted by atomic mass is 10.2. The predicted molar refractivity (Wildman–Crippen MR) is 148 cm³/mol. The number of nitrogens with zero attached hydrogens (tertiary/aromatic N) is 4. The molecule has 0 spiro atoms. The zero-order valence-corrected chi connectivity index (χ0v) is 21.6. The SMILES string of the molecule is C=CC(=O)N1CCC[C@@H]1OC(=O)Nc1ccc2ncnc(Nc3ccc(OCc4cccnc4)c(Cl)c3)c2c1. The summed E-state index contributed by atoms with van der Waals surface area (Å²) in [5.41, 5.74) is 2.79. The first-order valence-corrected chi connectivity index (χ1v) is 12.6. The van der Waals surface area contributed by atoms with Gasteiger partial charge >= 0.3 is 6.09 Å². The Labute approximate surface area is 229 Å². The monoisotopic (exact) mass is 544 g/mol. The van der Waals surface area contributed by atoms with Gasteiger partial charge in [0.05, 0.1) is 10.5 Å². The van der Waals surface area contributed by atoms with Crippen molar-refractivity contribution in [3.05, 3.63) is 90.5 Å². The van der Waals surface area contributed by atoms with Crippen molar-refractivity contribution in [2.45, 2.75) is 25.7 Å². The van der Waals surface area contributed by atoms with Crippen LogP contribution in [0.5, 0.6) is 5.75 Å². The third-order valence-corrected chi connectivity index (χ3v) is 6.39. The van der Waals surface area contributed by atoms with Gasteiger partial charge in [0.2, 0.25) is 5.91 Å². The van der Waals surface area contributed by atoms with Gasteiger partial charge in [-0.05, 0) is 55.0 Å². The second-order valence-corrected chi connectivity index (χ2v) is 9.14. The number of aromatic nitrogens is 3. The molecule has 3 heterocycles. The minimum Gasteiger partial charge on any atom is -0.487 e. The van der Waals surface area contributed by atoms with Crippen LogP contribution in [0.15, 0.2) is 79.9 Å². The van der Waals surface area contributed by atoms with Crippen molar-refractivity contribution >= 4 is 51.7 Å². The number of benzene rings is 2. The molecular weight excluding hydrogens is 520 g/mol. The summed E-state index contributed by atoms with van der Waals surface area (Å²) in [6.07, 6.45) is 6.14. The molecule has 11 heteroatoms. The van der Waals surface area contributed by atoms with Crippen molar-refractivity contribution in [2.24, 2.45) is 0 Å². The zero-order valence-electron chi connectivity index (χ0n) is 20.8. The molecule has 0 saturated carbocycles. The number of hydrogen-bond donors (Lipinski definition) is 2. The van der Waals surface area contributed by atoms with Crippen LogP contribution in [0, 0.1) is 0 Å². The maximum atomic E-state index is 12.6. The summed E-state index contributed by atoms with van der Waals surface area (Å²) >= 11 is 6.47. The number of amides is 2. The van der Waals surface area contributed by atoms with Gasteiger partial charge in [-0.1, -0.05) is 24.2 Å².